The van der Waals surface area contributed by atoms with Crippen LogP contribution in [0.4, 0.5) is 0 Å². The summed E-state index contributed by atoms with van der Waals surface area (Å²) in [6.07, 6.45) is 6.61. The first-order valence-corrected chi connectivity index (χ1v) is 8.36. The molecule has 20 heavy (non-hydrogen) atoms. The minimum atomic E-state index is 0.582. The first kappa shape index (κ1) is 12.8. The van der Waals surface area contributed by atoms with Gasteiger partial charge in [-0.1, -0.05) is 0 Å². The highest BCUT2D eigenvalue weighted by molar-refractivity contribution is 5.25. The molecule has 1 N–H and O–H groups in total. The van der Waals surface area contributed by atoms with Crippen molar-refractivity contribution < 1.29 is 0 Å². The van der Waals surface area contributed by atoms with Gasteiger partial charge in [0.2, 0.25) is 0 Å². The van der Waals surface area contributed by atoms with Crippen LogP contribution in [0.15, 0.2) is 0 Å². The predicted octanol–water partition coefficient (Wildman–Crippen LogP) is 2.06. The Balaban J connectivity index is 1.62. The first-order chi connectivity index (χ1) is 9.83. The molecule has 1 atom stereocenters. The monoisotopic (exact) mass is 274 g/mol. The minimum absolute atomic E-state index is 0.582. The molecule has 1 saturated heterocycles. The van der Waals surface area contributed by atoms with Crippen molar-refractivity contribution in [2.75, 3.05) is 26.2 Å². The second-order valence-electron chi connectivity index (χ2n) is 6.79. The van der Waals surface area contributed by atoms with E-state index in [1.807, 2.05) is 0 Å². The Bertz CT molecular complexity index is 483. The zero-order chi connectivity index (χ0) is 13.5. The van der Waals surface area contributed by atoms with Crippen molar-refractivity contribution in [1.29, 1.82) is 0 Å². The number of nitrogens with one attached hydrogen (secondary N) is 1. The zero-order valence-electron chi connectivity index (χ0n) is 12.6. The van der Waals surface area contributed by atoms with Crippen LogP contribution in [-0.2, 0) is 13.0 Å². The van der Waals surface area contributed by atoms with Crippen LogP contribution in [0.5, 0.6) is 0 Å². The number of nitrogens with zero attached hydrogens (tertiary/aromatic N) is 3. The highest BCUT2D eigenvalue weighted by atomic mass is 15.2. The number of likely N-dealkylation sites (tertiary alicyclic amines) is 1. The van der Waals surface area contributed by atoms with Gasteiger partial charge in [0.05, 0.1) is 5.69 Å². The van der Waals surface area contributed by atoms with Crippen molar-refractivity contribution >= 4 is 0 Å². The average Bonchev–Trinajstić information content (AvgIpc) is 3.04. The summed E-state index contributed by atoms with van der Waals surface area (Å²) in [5.74, 6) is 2.15. The van der Waals surface area contributed by atoms with Crippen LogP contribution >= 0.6 is 0 Å². The normalized spacial score (nSPS) is 24.9. The van der Waals surface area contributed by atoms with Crippen molar-refractivity contribution in [2.24, 2.45) is 0 Å². The fourth-order valence-corrected chi connectivity index (χ4v) is 3.90. The number of hydrogen-bond acceptors (Lipinski definition) is 3. The fourth-order valence-electron chi connectivity index (χ4n) is 3.90. The second kappa shape index (κ2) is 5.15. The molecule has 0 radical (unpaired) electrons. The van der Waals surface area contributed by atoms with Gasteiger partial charge in [0, 0.05) is 43.7 Å². The third kappa shape index (κ3) is 2.29. The summed E-state index contributed by atoms with van der Waals surface area (Å²) in [4.78, 5) is 7.62. The van der Waals surface area contributed by atoms with Gasteiger partial charge in [0.15, 0.2) is 0 Å². The summed E-state index contributed by atoms with van der Waals surface area (Å²) in [5.41, 5.74) is 2.85. The van der Waals surface area contributed by atoms with Gasteiger partial charge >= 0.3 is 0 Å². The Labute approximate surface area is 121 Å². The lowest BCUT2D eigenvalue weighted by molar-refractivity contribution is 0.281. The van der Waals surface area contributed by atoms with Gasteiger partial charge in [-0.15, -0.1) is 0 Å². The molecule has 1 unspecified atom stereocenters. The molecule has 3 aliphatic rings. The van der Waals surface area contributed by atoms with Gasteiger partial charge in [-0.2, -0.15) is 0 Å². The van der Waals surface area contributed by atoms with Gasteiger partial charge in [0.25, 0.3) is 0 Å². The van der Waals surface area contributed by atoms with Gasteiger partial charge in [-0.05, 0) is 45.7 Å². The highest BCUT2D eigenvalue weighted by Crippen LogP contribution is 2.41. The maximum absolute atomic E-state index is 4.99. The maximum Gasteiger partial charge on any atom is 0.112 e. The van der Waals surface area contributed by atoms with E-state index in [9.17, 15) is 0 Å². The van der Waals surface area contributed by atoms with E-state index in [1.165, 1.54) is 62.5 Å². The molecule has 3 heterocycles. The van der Waals surface area contributed by atoms with Crippen molar-refractivity contribution in [3.8, 4) is 0 Å². The molecule has 4 nitrogen and oxygen atoms in total. The first-order valence-electron chi connectivity index (χ1n) is 8.36. The quantitative estimate of drug-likeness (QED) is 0.912. The van der Waals surface area contributed by atoms with Crippen LogP contribution in [0.2, 0.25) is 0 Å². The molecule has 1 aliphatic carbocycles. The summed E-state index contributed by atoms with van der Waals surface area (Å²) in [5, 5.41) is 3.47. The Morgan fingerprint density at radius 3 is 2.85 bits per heavy atom. The third-order valence-corrected chi connectivity index (χ3v) is 5.06. The van der Waals surface area contributed by atoms with Gasteiger partial charge in [-0.3, -0.25) is 0 Å². The van der Waals surface area contributed by atoms with E-state index in [1.54, 1.807) is 0 Å². The van der Waals surface area contributed by atoms with E-state index in [0.717, 1.165) is 25.4 Å². The summed E-state index contributed by atoms with van der Waals surface area (Å²) < 4.78 is 2.62. The Hall–Kier alpha value is -0.870. The lowest BCUT2D eigenvalue weighted by Crippen LogP contribution is -2.30. The van der Waals surface area contributed by atoms with Crippen molar-refractivity contribution in [1.82, 2.24) is 19.8 Å². The molecular weight excluding hydrogens is 248 g/mol. The van der Waals surface area contributed by atoms with Gasteiger partial charge < -0.3 is 14.8 Å². The largest absolute Gasteiger partial charge is 0.327 e. The molecule has 4 heteroatoms. The lowest BCUT2D eigenvalue weighted by Gasteiger charge is -2.26. The SMILES string of the molecule is CC(CN1CCCC1)n1c(C2CC2)nc2c1CCNC2. The molecule has 0 amide bonds. The van der Waals surface area contributed by atoms with Crippen molar-refractivity contribution in [3.63, 3.8) is 0 Å². The number of fused-ring (bicyclic) bond motifs is 1. The molecule has 110 valence electrons. The Morgan fingerprint density at radius 2 is 2.10 bits per heavy atom. The molecule has 1 aromatic heterocycles. The van der Waals surface area contributed by atoms with Crippen LogP contribution < -0.4 is 5.32 Å². The maximum atomic E-state index is 4.99. The highest BCUT2D eigenvalue weighted by Gasteiger charge is 2.33. The molecule has 2 aliphatic heterocycles. The zero-order valence-corrected chi connectivity index (χ0v) is 12.6. The molecule has 0 spiro atoms. The molecule has 1 saturated carbocycles. The van der Waals surface area contributed by atoms with Gasteiger partial charge in [-0.25, -0.2) is 4.98 Å². The van der Waals surface area contributed by atoms with Gasteiger partial charge in [0.1, 0.15) is 5.82 Å². The summed E-state index contributed by atoms with van der Waals surface area (Å²) in [6.45, 7) is 8.27. The van der Waals surface area contributed by atoms with Crippen LogP contribution in [0, 0.1) is 0 Å². The molecule has 1 aromatic rings. The molecule has 4 rings (SSSR count). The van der Waals surface area contributed by atoms with Crippen LogP contribution in [0.25, 0.3) is 0 Å². The number of hydrogen-bond donors (Lipinski definition) is 1. The van der Waals surface area contributed by atoms with E-state index in [-0.39, 0.29) is 0 Å². The Kier molecular flexibility index (Phi) is 3.31. The molecule has 2 fully saturated rings. The smallest absolute Gasteiger partial charge is 0.112 e. The molecular formula is C16H26N4. The molecule has 0 aromatic carbocycles. The second-order valence-corrected chi connectivity index (χ2v) is 6.79. The van der Waals surface area contributed by atoms with Crippen molar-refractivity contribution in [3.05, 3.63) is 17.2 Å². The average molecular weight is 274 g/mol. The van der Waals surface area contributed by atoms with E-state index in [0.29, 0.717) is 6.04 Å². The van der Waals surface area contributed by atoms with Crippen LogP contribution in [0.1, 0.15) is 61.8 Å². The van der Waals surface area contributed by atoms with E-state index < -0.39 is 0 Å². The van der Waals surface area contributed by atoms with E-state index >= 15 is 0 Å². The summed E-state index contributed by atoms with van der Waals surface area (Å²) >= 11 is 0. The third-order valence-electron chi connectivity index (χ3n) is 5.06. The molecule has 0 bridgehead atoms. The Morgan fingerprint density at radius 1 is 1.30 bits per heavy atom. The van der Waals surface area contributed by atoms with E-state index in [4.69, 9.17) is 4.98 Å². The summed E-state index contributed by atoms with van der Waals surface area (Å²) in [7, 11) is 0. The lowest BCUT2D eigenvalue weighted by atomic mass is 10.1. The minimum Gasteiger partial charge on any atom is -0.327 e. The summed E-state index contributed by atoms with van der Waals surface area (Å²) in [6, 6.07) is 0.582. The number of rotatable bonds is 4. The van der Waals surface area contributed by atoms with Crippen molar-refractivity contribution in [2.45, 2.75) is 57.5 Å². The fraction of sp³-hybridized carbons (Fsp3) is 0.812. The van der Waals surface area contributed by atoms with E-state index in [2.05, 4.69) is 21.7 Å². The number of imidazole rings is 1. The van der Waals surface area contributed by atoms with Crippen LogP contribution in [0.3, 0.4) is 0 Å². The standard InChI is InChI=1S/C16H26N4/c1-12(11-19-8-2-3-9-19)20-15-6-7-17-10-14(15)18-16(20)13-4-5-13/h12-13,17H,2-11H2,1H3. The predicted molar refractivity (Wildman–Crippen MR) is 80.0 cm³/mol. The topological polar surface area (TPSA) is 33.1 Å². The number of aromatic nitrogens is 2. The van der Waals surface area contributed by atoms with Crippen LogP contribution in [-0.4, -0.2) is 40.6 Å².